The molecule has 0 atom stereocenters. The molecule has 0 aliphatic carbocycles. The van der Waals surface area contributed by atoms with Crippen LogP contribution in [0.4, 0.5) is 5.69 Å². The van der Waals surface area contributed by atoms with E-state index in [1.807, 2.05) is 13.8 Å². The van der Waals surface area contributed by atoms with E-state index in [-0.39, 0.29) is 34.7 Å². The number of ether oxygens (including phenoxy) is 2. The van der Waals surface area contributed by atoms with E-state index in [0.29, 0.717) is 6.54 Å². The molecule has 0 spiro atoms. The second kappa shape index (κ2) is 8.43. The summed E-state index contributed by atoms with van der Waals surface area (Å²) in [6.07, 6.45) is 1.02. The first kappa shape index (κ1) is 20.4. The maximum absolute atomic E-state index is 12.2. The van der Waals surface area contributed by atoms with E-state index in [1.54, 1.807) is 0 Å². The molecule has 0 unspecified atom stereocenters. The predicted octanol–water partition coefficient (Wildman–Crippen LogP) is 1.90. The Balaban J connectivity index is 3.25. The largest absolute Gasteiger partial charge is 0.495 e. The van der Waals surface area contributed by atoms with Crippen molar-refractivity contribution in [1.29, 1.82) is 0 Å². The molecule has 0 saturated carbocycles. The number of benzene rings is 1. The average molecular weight is 379 g/mol. The minimum Gasteiger partial charge on any atom is -0.495 e. The minimum atomic E-state index is -3.73. The number of methoxy groups -OCH3 is 2. The zero-order valence-corrected chi connectivity index (χ0v) is 16.0. The Morgan fingerprint density at radius 1 is 1.25 bits per heavy atom. The average Bonchev–Trinajstić information content (AvgIpc) is 2.49. The van der Waals surface area contributed by atoms with E-state index in [9.17, 15) is 13.2 Å². The van der Waals surface area contributed by atoms with Crippen LogP contribution in [0.25, 0.3) is 0 Å². The molecule has 7 nitrogen and oxygen atoms in total. The Labute approximate surface area is 147 Å². The summed E-state index contributed by atoms with van der Waals surface area (Å²) < 4.78 is 35.6. The fourth-order valence-corrected chi connectivity index (χ4v) is 3.01. The first-order valence-corrected chi connectivity index (χ1v) is 9.48. The summed E-state index contributed by atoms with van der Waals surface area (Å²) in [6.45, 7) is 3.98. The van der Waals surface area contributed by atoms with Crippen LogP contribution in [0.15, 0.2) is 12.1 Å². The quantitative estimate of drug-likeness (QED) is 0.746. The molecule has 0 fully saturated rings. The van der Waals surface area contributed by atoms with Crippen molar-refractivity contribution in [2.75, 3.05) is 37.9 Å². The van der Waals surface area contributed by atoms with Crippen LogP contribution in [0.5, 0.6) is 11.5 Å². The molecular weight excluding hydrogens is 356 g/mol. The lowest BCUT2D eigenvalue weighted by atomic mass is 10.2. The van der Waals surface area contributed by atoms with Gasteiger partial charge in [0.2, 0.25) is 15.9 Å². The highest BCUT2D eigenvalue weighted by Gasteiger charge is 2.25. The number of carbonyl (C=O) groups is 1. The summed E-state index contributed by atoms with van der Waals surface area (Å²) in [5.41, 5.74) is 0.181. The maximum Gasteiger partial charge on any atom is 0.240 e. The van der Waals surface area contributed by atoms with Crippen LogP contribution in [0, 0.1) is 5.92 Å². The van der Waals surface area contributed by atoms with Crippen molar-refractivity contribution < 1.29 is 22.7 Å². The van der Waals surface area contributed by atoms with Crippen LogP contribution in [0.1, 0.15) is 13.8 Å². The highest BCUT2D eigenvalue weighted by atomic mass is 35.5. The molecule has 0 saturated heterocycles. The van der Waals surface area contributed by atoms with Crippen molar-refractivity contribution >= 4 is 33.2 Å². The Hall–Kier alpha value is -1.67. The molecule has 1 N–H and O–H groups in total. The first-order chi connectivity index (χ1) is 11.1. The molecule has 0 aliphatic heterocycles. The van der Waals surface area contributed by atoms with Crippen molar-refractivity contribution in [2.24, 2.45) is 5.92 Å². The normalized spacial score (nSPS) is 11.3. The molecule has 0 aliphatic rings. The molecule has 1 rings (SSSR count). The third-order valence-electron chi connectivity index (χ3n) is 3.12. The Kier molecular flexibility index (Phi) is 7.16. The van der Waals surface area contributed by atoms with Crippen molar-refractivity contribution in [3.8, 4) is 11.5 Å². The number of nitrogens with zero attached hydrogens (tertiary/aromatic N) is 1. The molecule has 24 heavy (non-hydrogen) atoms. The van der Waals surface area contributed by atoms with Crippen LogP contribution in [-0.4, -0.2) is 47.9 Å². The van der Waals surface area contributed by atoms with E-state index in [1.165, 1.54) is 26.4 Å². The van der Waals surface area contributed by atoms with Crippen molar-refractivity contribution in [1.82, 2.24) is 5.32 Å². The first-order valence-electron chi connectivity index (χ1n) is 7.26. The molecule has 9 heteroatoms. The molecule has 136 valence electrons. The van der Waals surface area contributed by atoms with Crippen LogP contribution in [0.2, 0.25) is 5.02 Å². The highest BCUT2D eigenvalue weighted by Crippen LogP contribution is 2.38. The van der Waals surface area contributed by atoms with Crippen LogP contribution < -0.4 is 19.1 Å². The number of nitrogens with one attached hydrogen (secondary N) is 1. The summed E-state index contributed by atoms with van der Waals surface area (Å²) >= 11 is 6.04. The van der Waals surface area contributed by atoms with E-state index in [2.05, 4.69) is 5.32 Å². The Morgan fingerprint density at radius 3 is 2.29 bits per heavy atom. The Bertz CT molecular complexity index is 691. The monoisotopic (exact) mass is 378 g/mol. The number of hydrogen-bond donors (Lipinski definition) is 1. The van der Waals surface area contributed by atoms with Gasteiger partial charge in [0.25, 0.3) is 0 Å². The summed E-state index contributed by atoms with van der Waals surface area (Å²) in [6, 6.07) is 2.87. The van der Waals surface area contributed by atoms with Gasteiger partial charge in [0.1, 0.15) is 18.0 Å². The molecular formula is C15H23ClN2O5S. The smallest absolute Gasteiger partial charge is 0.240 e. The van der Waals surface area contributed by atoms with Gasteiger partial charge in [-0.1, -0.05) is 25.4 Å². The topological polar surface area (TPSA) is 84.9 Å². The fraction of sp³-hybridized carbons (Fsp3) is 0.533. The van der Waals surface area contributed by atoms with Gasteiger partial charge in [-0.2, -0.15) is 0 Å². The van der Waals surface area contributed by atoms with Gasteiger partial charge in [0.05, 0.1) is 31.2 Å². The van der Waals surface area contributed by atoms with E-state index >= 15 is 0 Å². The van der Waals surface area contributed by atoms with Crippen molar-refractivity contribution in [3.05, 3.63) is 17.2 Å². The number of hydrogen-bond acceptors (Lipinski definition) is 5. The van der Waals surface area contributed by atoms with Crippen LogP contribution in [0.3, 0.4) is 0 Å². The highest BCUT2D eigenvalue weighted by molar-refractivity contribution is 7.92. The van der Waals surface area contributed by atoms with Gasteiger partial charge >= 0.3 is 0 Å². The fourth-order valence-electron chi connectivity index (χ4n) is 1.92. The summed E-state index contributed by atoms with van der Waals surface area (Å²) in [5, 5.41) is 2.96. The molecule has 1 aromatic rings. The van der Waals surface area contributed by atoms with E-state index in [4.69, 9.17) is 21.1 Å². The summed E-state index contributed by atoms with van der Waals surface area (Å²) in [7, 11) is -0.924. The van der Waals surface area contributed by atoms with E-state index in [0.717, 1.165) is 10.6 Å². The van der Waals surface area contributed by atoms with Gasteiger partial charge in [-0.3, -0.25) is 9.10 Å². The van der Waals surface area contributed by atoms with Gasteiger partial charge < -0.3 is 14.8 Å². The zero-order chi connectivity index (χ0) is 18.5. The van der Waals surface area contributed by atoms with Crippen molar-refractivity contribution in [2.45, 2.75) is 13.8 Å². The Morgan fingerprint density at radius 2 is 1.83 bits per heavy atom. The third kappa shape index (κ3) is 5.45. The summed E-state index contributed by atoms with van der Waals surface area (Å²) in [4.78, 5) is 12.1. The number of amides is 1. The lowest BCUT2D eigenvalue weighted by Gasteiger charge is -2.24. The minimum absolute atomic E-state index is 0.181. The summed E-state index contributed by atoms with van der Waals surface area (Å²) in [5.74, 6) is 0.350. The lowest BCUT2D eigenvalue weighted by molar-refractivity contribution is -0.119. The SMILES string of the molecule is COc1cc(N(CC(=O)NCC(C)C)S(C)(=O)=O)c(OC)cc1Cl. The molecule has 1 aromatic carbocycles. The second-order valence-corrected chi connectivity index (χ2v) is 7.94. The number of anilines is 1. The zero-order valence-electron chi connectivity index (χ0n) is 14.4. The van der Waals surface area contributed by atoms with Gasteiger partial charge in [-0.25, -0.2) is 8.42 Å². The number of rotatable bonds is 8. The predicted molar refractivity (Wildman–Crippen MR) is 94.6 cm³/mol. The molecule has 0 radical (unpaired) electrons. The van der Waals surface area contributed by atoms with E-state index < -0.39 is 15.9 Å². The molecule has 0 bridgehead atoms. The van der Waals surface area contributed by atoms with Crippen LogP contribution in [-0.2, 0) is 14.8 Å². The number of carbonyl (C=O) groups excluding carboxylic acids is 1. The third-order valence-corrected chi connectivity index (χ3v) is 4.54. The number of halogens is 1. The maximum atomic E-state index is 12.2. The lowest BCUT2D eigenvalue weighted by Crippen LogP contribution is -2.41. The van der Waals surface area contributed by atoms with Gasteiger partial charge in [-0.05, 0) is 5.92 Å². The number of sulfonamides is 1. The second-order valence-electron chi connectivity index (χ2n) is 5.63. The van der Waals surface area contributed by atoms with Gasteiger partial charge in [0.15, 0.2) is 0 Å². The van der Waals surface area contributed by atoms with Crippen LogP contribution >= 0.6 is 11.6 Å². The molecule has 0 heterocycles. The van der Waals surface area contributed by atoms with Gasteiger partial charge in [-0.15, -0.1) is 0 Å². The van der Waals surface area contributed by atoms with Crippen molar-refractivity contribution in [3.63, 3.8) is 0 Å². The molecule has 0 aromatic heterocycles. The van der Waals surface area contributed by atoms with Gasteiger partial charge in [0, 0.05) is 18.7 Å². The standard InChI is InChI=1S/C15H23ClN2O5S/c1-10(2)8-17-15(19)9-18(24(5,20)21)12-7-13(22-3)11(16)6-14(12)23-4/h6-7,10H,8-9H2,1-5H3,(H,17,19). The molecule has 1 amide bonds.